The molecule has 116 valence electrons. The van der Waals surface area contributed by atoms with Gasteiger partial charge in [-0.25, -0.2) is 0 Å². The smallest absolute Gasteiger partial charge is 0.312 e. The Morgan fingerprint density at radius 1 is 1.41 bits per heavy atom. The Bertz CT molecular complexity index is 736. The second-order valence-electron chi connectivity index (χ2n) is 5.10. The number of carbonyl (C=O) groups is 1. The molecule has 0 aliphatic carbocycles. The molecule has 0 fully saturated rings. The number of nitrogens with one attached hydrogen (secondary N) is 1. The summed E-state index contributed by atoms with van der Waals surface area (Å²) in [5.74, 6) is -0.173. The highest BCUT2D eigenvalue weighted by Gasteiger charge is 2.24. The largest absolute Gasteiger partial charge is 0.355 e. The molecule has 0 spiro atoms. The van der Waals surface area contributed by atoms with Gasteiger partial charge in [-0.05, 0) is 38.5 Å². The number of carbonyl (C=O) groups excluding carboxylic acids is 1. The normalized spacial score (nSPS) is 12.0. The van der Waals surface area contributed by atoms with Gasteiger partial charge in [-0.15, -0.1) is 0 Å². The number of aromatic nitrogens is 2. The standard InChI is InChI=1S/C15H18N4O3/c1-9-14(19(21)22)11(3)18(17-9)10(2)12-6-5-7-13(8-12)15(20)16-4/h5-8,10H,1-4H3,(H,16,20). The Hall–Kier alpha value is -2.70. The van der Waals surface area contributed by atoms with E-state index in [9.17, 15) is 14.9 Å². The zero-order valence-electron chi connectivity index (χ0n) is 13.0. The summed E-state index contributed by atoms with van der Waals surface area (Å²) in [6.45, 7) is 5.19. The first-order valence-corrected chi connectivity index (χ1v) is 6.89. The molecule has 1 aromatic carbocycles. The Morgan fingerprint density at radius 3 is 2.64 bits per heavy atom. The highest BCUT2D eigenvalue weighted by Crippen LogP contribution is 2.27. The predicted octanol–water partition coefficient (Wildman–Crippen LogP) is 2.38. The fraction of sp³-hybridized carbons (Fsp3) is 0.333. The van der Waals surface area contributed by atoms with Crippen LogP contribution in [0.5, 0.6) is 0 Å². The maximum absolute atomic E-state index is 11.7. The Balaban J connectivity index is 2.45. The van der Waals surface area contributed by atoms with E-state index < -0.39 is 4.92 Å². The third-order valence-electron chi connectivity index (χ3n) is 3.69. The maximum atomic E-state index is 11.7. The molecule has 1 aromatic heterocycles. The van der Waals surface area contributed by atoms with E-state index in [1.807, 2.05) is 13.0 Å². The van der Waals surface area contributed by atoms with Crippen molar-refractivity contribution in [2.45, 2.75) is 26.8 Å². The van der Waals surface area contributed by atoms with E-state index in [0.717, 1.165) is 5.56 Å². The van der Waals surface area contributed by atoms with Crippen molar-refractivity contribution in [2.24, 2.45) is 0 Å². The minimum atomic E-state index is -0.415. The van der Waals surface area contributed by atoms with Crippen LogP contribution in [0.2, 0.25) is 0 Å². The van der Waals surface area contributed by atoms with Crippen LogP contribution >= 0.6 is 0 Å². The molecule has 1 unspecified atom stereocenters. The van der Waals surface area contributed by atoms with E-state index in [2.05, 4.69) is 10.4 Å². The third kappa shape index (κ3) is 2.69. The van der Waals surface area contributed by atoms with E-state index in [1.54, 1.807) is 43.8 Å². The van der Waals surface area contributed by atoms with E-state index in [1.165, 1.54) is 0 Å². The molecular formula is C15H18N4O3. The maximum Gasteiger partial charge on any atom is 0.312 e. The van der Waals surface area contributed by atoms with Crippen LogP contribution < -0.4 is 5.32 Å². The molecule has 0 saturated heterocycles. The van der Waals surface area contributed by atoms with E-state index in [-0.39, 0.29) is 17.6 Å². The summed E-state index contributed by atoms with van der Waals surface area (Å²) < 4.78 is 1.62. The number of nitrogens with zero attached hydrogens (tertiary/aromatic N) is 3. The second kappa shape index (κ2) is 5.97. The molecule has 22 heavy (non-hydrogen) atoms. The van der Waals surface area contributed by atoms with Crippen LogP contribution in [0.3, 0.4) is 0 Å². The van der Waals surface area contributed by atoms with Gasteiger partial charge in [0, 0.05) is 12.6 Å². The third-order valence-corrected chi connectivity index (χ3v) is 3.69. The van der Waals surface area contributed by atoms with Crippen LogP contribution in [-0.4, -0.2) is 27.7 Å². The van der Waals surface area contributed by atoms with Crippen molar-refractivity contribution in [2.75, 3.05) is 7.05 Å². The van der Waals surface area contributed by atoms with E-state index >= 15 is 0 Å². The molecule has 1 heterocycles. The molecule has 7 heteroatoms. The monoisotopic (exact) mass is 302 g/mol. The molecule has 0 aliphatic rings. The van der Waals surface area contributed by atoms with Gasteiger partial charge < -0.3 is 5.32 Å². The molecular weight excluding hydrogens is 284 g/mol. The Labute approximate surface area is 128 Å². The van der Waals surface area contributed by atoms with Crippen LogP contribution in [-0.2, 0) is 0 Å². The molecule has 2 rings (SSSR count). The summed E-state index contributed by atoms with van der Waals surface area (Å²) in [7, 11) is 1.57. The quantitative estimate of drug-likeness (QED) is 0.693. The molecule has 0 saturated carbocycles. The van der Waals surface area contributed by atoms with Gasteiger partial charge in [0.15, 0.2) is 0 Å². The summed E-state index contributed by atoms with van der Waals surface area (Å²) in [4.78, 5) is 22.4. The van der Waals surface area contributed by atoms with Gasteiger partial charge in [0.25, 0.3) is 5.91 Å². The molecule has 0 aliphatic heterocycles. The SMILES string of the molecule is CNC(=O)c1cccc(C(C)n2nc(C)c([N+](=O)[O-])c2C)c1. The molecule has 0 radical (unpaired) electrons. The van der Waals surface area contributed by atoms with Crippen molar-refractivity contribution in [3.63, 3.8) is 0 Å². The number of hydrogen-bond acceptors (Lipinski definition) is 4. The van der Waals surface area contributed by atoms with Crippen molar-refractivity contribution in [3.8, 4) is 0 Å². The molecule has 1 N–H and O–H groups in total. The average molecular weight is 302 g/mol. The highest BCUT2D eigenvalue weighted by atomic mass is 16.6. The number of hydrogen-bond donors (Lipinski definition) is 1. The van der Waals surface area contributed by atoms with Gasteiger partial charge in [0.2, 0.25) is 0 Å². The predicted molar refractivity (Wildman–Crippen MR) is 82.0 cm³/mol. The van der Waals surface area contributed by atoms with Crippen LogP contribution in [0, 0.1) is 24.0 Å². The van der Waals surface area contributed by atoms with Gasteiger partial charge >= 0.3 is 5.69 Å². The zero-order valence-corrected chi connectivity index (χ0v) is 13.0. The lowest BCUT2D eigenvalue weighted by molar-refractivity contribution is -0.386. The zero-order chi connectivity index (χ0) is 16.4. The number of nitro groups is 1. The van der Waals surface area contributed by atoms with Gasteiger partial charge in [-0.2, -0.15) is 5.10 Å². The summed E-state index contributed by atoms with van der Waals surface area (Å²) in [6, 6.07) is 6.94. The Morgan fingerprint density at radius 2 is 2.09 bits per heavy atom. The van der Waals surface area contributed by atoms with Crippen LogP contribution in [0.1, 0.15) is 40.3 Å². The van der Waals surface area contributed by atoms with Crippen LogP contribution in [0.4, 0.5) is 5.69 Å². The minimum Gasteiger partial charge on any atom is -0.355 e. The average Bonchev–Trinajstić information content (AvgIpc) is 2.80. The topological polar surface area (TPSA) is 90.1 Å². The molecule has 7 nitrogen and oxygen atoms in total. The number of aryl methyl sites for hydroxylation is 1. The van der Waals surface area contributed by atoms with Crippen LogP contribution in [0.25, 0.3) is 0 Å². The van der Waals surface area contributed by atoms with E-state index in [4.69, 9.17) is 0 Å². The van der Waals surface area contributed by atoms with Gasteiger partial charge in [0.05, 0.1) is 11.0 Å². The first kappa shape index (κ1) is 15.7. The summed E-state index contributed by atoms with van der Waals surface area (Å²) in [5, 5.41) is 17.9. The van der Waals surface area contributed by atoms with Crippen molar-refractivity contribution in [3.05, 3.63) is 56.9 Å². The molecule has 1 amide bonds. The van der Waals surface area contributed by atoms with Crippen molar-refractivity contribution in [1.82, 2.24) is 15.1 Å². The highest BCUT2D eigenvalue weighted by molar-refractivity contribution is 5.94. The van der Waals surface area contributed by atoms with Gasteiger partial charge in [-0.1, -0.05) is 12.1 Å². The number of rotatable bonds is 4. The first-order valence-electron chi connectivity index (χ1n) is 6.89. The summed E-state index contributed by atoms with van der Waals surface area (Å²) >= 11 is 0. The Kier molecular flexibility index (Phi) is 4.25. The van der Waals surface area contributed by atoms with Gasteiger partial charge in [0.1, 0.15) is 11.4 Å². The van der Waals surface area contributed by atoms with Crippen molar-refractivity contribution >= 4 is 11.6 Å². The minimum absolute atomic E-state index is 0.0364. The fourth-order valence-electron chi connectivity index (χ4n) is 2.52. The van der Waals surface area contributed by atoms with Gasteiger partial charge in [-0.3, -0.25) is 19.6 Å². The molecule has 2 aromatic rings. The lowest BCUT2D eigenvalue weighted by Gasteiger charge is -2.15. The summed E-state index contributed by atoms with van der Waals surface area (Å²) in [6.07, 6.45) is 0. The lowest BCUT2D eigenvalue weighted by Crippen LogP contribution is -2.18. The van der Waals surface area contributed by atoms with Crippen LogP contribution in [0.15, 0.2) is 24.3 Å². The lowest BCUT2D eigenvalue weighted by atomic mass is 10.0. The van der Waals surface area contributed by atoms with E-state index in [0.29, 0.717) is 17.0 Å². The number of benzene rings is 1. The first-order chi connectivity index (χ1) is 10.4. The number of amides is 1. The molecule has 1 atom stereocenters. The summed E-state index contributed by atoms with van der Waals surface area (Å²) in [5.41, 5.74) is 2.33. The fourth-order valence-corrected chi connectivity index (χ4v) is 2.52. The second-order valence-corrected chi connectivity index (χ2v) is 5.10. The molecule has 0 bridgehead atoms. The van der Waals surface area contributed by atoms with Crippen molar-refractivity contribution in [1.29, 1.82) is 0 Å². The van der Waals surface area contributed by atoms with Crippen molar-refractivity contribution < 1.29 is 9.72 Å².